The minimum atomic E-state index is 0.0975. The smallest absolute Gasteiger partial charge is 0.227 e. The van der Waals surface area contributed by atoms with Crippen LogP contribution < -0.4 is 10.6 Å². The maximum absolute atomic E-state index is 12.4. The molecular weight excluding hydrogens is 296 g/mol. The summed E-state index contributed by atoms with van der Waals surface area (Å²) in [7, 11) is 0. The fraction of sp³-hybridized carbons (Fsp3) is 0.294. The van der Waals surface area contributed by atoms with E-state index in [2.05, 4.69) is 0 Å². The van der Waals surface area contributed by atoms with Gasteiger partial charge in [-0.05, 0) is 23.4 Å². The van der Waals surface area contributed by atoms with Gasteiger partial charge in [0.05, 0.1) is 5.69 Å². The van der Waals surface area contributed by atoms with Crippen LogP contribution in [0, 0.1) is 5.92 Å². The van der Waals surface area contributed by atoms with Crippen LogP contribution in [0.1, 0.15) is 13.3 Å². The fourth-order valence-electron chi connectivity index (χ4n) is 2.94. The molecule has 114 valence electrons. The van der Waals surface area contributed by atoms with Crippen LogP contribution in [0.25, 0.3) is 10.8 Å². The monoisotopic (exact) mass is 314 g/mol. The number of carbonyl (C=O) groups excluding carboxylic acids is 2. The largest absolute Gasteiger partial charge is 0.398 e. The Morgan fingerprint density at radius 1 is 1.32 bits per heavy atom. The van der Waals surface area contributed by atoms with E-state index in [1.807, 2.05) is 41.3 Å². The quantitative estimate of drug-likeness (QED) is 0.884. The molecule has 1 aliphatic rings. The summed E-state index contributed by atoms with van der Waals surface area (Å²) in [4.78, 5) is 25.3. The van der Waals surface area contributed by atoms with Gasteiger partial charge in [0.25, 0.3) is 0 Å². The van der Waals surface area contributed by atoms with Gasteiger partial charge in [0.1, 0.15) is 0 Å². The SMILES string of the molecule is CC(=O)SCC1CC(=O)N(c2cccc3cccc(N)c23)C1. The zero-order chi connectivity index (χ0) is 15.7. The van der Waals surface area contributed by atoms with Crippen molar-refractivity contribution in [2.45, 2.75) is 13.3 Å². The van der Waals surface area contributed by atoms with E-state index in [1.165, 1.54) is 11.8 Å². The predicted octanol–water partition coefficient (Wildman–Crippen LogP) is 3.05. The first-order valence-corrected chi connectivity index (χ1v) is 8.26. The molecule has 2 aromatic rings. The van der Waals surface area contributed by atoms with Crippen LogP contribution in [0.5, 0.6) is 0 Å². The van der Waals surface area contributed by atoms with Crippen molar-refractivity contribution in [3.63, 3.8) is 0 Å². The van der Waals surface area contributed by atoms with Crippen LogP contribution >= 0.6 is 11.8 Å². The van der Waals surface area contributed by atoms with Crippen molar-refractivity contribution in [3.8, 4) is 0 Å². The van der Waals surface area contributed by atoms with Crippen LogP contribution in [0.2, 0.25) is 0 Å². The van der Waals surface area contributed by atoms with Gasteiger partial charge in [-0.2, -0.15) is 0 Å². The summed E-state index contributed by atoms with van der Waals surface area (Å²) in [5, 5.41) is 2.06. The molecular formula is C17H18N2O2S. The maximum atomic E-state index is 12.4. The zero-order valence-corrected chi connectivity index (χ0v) is 13.2. The normalized spacial score (nSPS) is 18.1. The molecule has 1 heterocycles. The third kappa shape index (κ3) is 2.81. The van der Waals surface area contributed by atoms with E-state index in [1.54, 1.807) is 6.92 Å². The highest BCUT2D eigenvalue weighted by Gasteiger charge is 2.31. The summed E-state index contributed by atoms with van der Waals surface area (Å²) in [5.74, 6) is 1.00. The molecule has 1 saturated heterocycles. The number of amides is 1. The minimum absolute atomic E-state index is 0.0975. The highest BCUT2D eigenvalue weighted by atomic mass is 32.2. The highest BCUT2D eigenvalue weighted by Crippen LogP contribution is 2.35. The molecule has 2 N–H and O–H groups in total. The maximum Gasteiger partial charge on any atom is 0.227 e. The zero-order valence-electron chi connectivity index (χ0n) is 12.4. The van der Waals surface area contributed by atoms with Crippen molar-refractivity contribution < 1.29 is 9.59 Å². The number of benzene rings is 2. The van der Waals surface area contributed by atoms with Crippen molar-refractivity contribution >= 4 is 44.9 Å². The lowest BCUT2D eigenvalue weighted by Crippen LogP contribution is -2.25. The first-order valence-electron chi connectivity index (χ1n) is 7.27. The third-order valence-corrected chi connectivity index (χ3v) is 4.98. The minimum Gasteiger partial charge on any atom is -0.398 e. The molecule has 1 fully saturated rings. The Hall–Kier alpha value is -2.01. The Morgan fingerprint density at radius 2 is 2.05 bits per heavy atom. The van der Waals surface area contributed by atoms with Crippen molar-refractivity contribution in [1.29, 1.82) is 0 Å². The Kier molecular flexibility index (Phi) is 4.07. The fourth-order valence-corrected chi connectivity index (χ4v) is 3.63. The van der Waals surface area contributed by atoms with Gasteiger partial charge in [-0.3, -0.25) is 9.59 Å². The van der Waals surface area contributed by atoms with E-state index in [0.717, 1.165) is 16.5 Å². The number of anilines is 2. The van der Waals surface area contributed by atoms with Crippen molar-refractivity contribution in [3.05, 3.63) is 36.4 Å². The summed E-state index contributed by atoms with van der Waals surface area (Å²) < 4.78 is 0. The standard InChI is InChI=1S/C17H18N2O2S/c1-11(20)22-10-12-8-16(21)19(9-12)15-7-3-5-13-4-2-6-14(18)17(13)15/h2-7,12H,8-10,18H2,1H3. The second-order valence-corrected chi connectivity index (χ2v) is 6.80. The van der Waals surface area contributed by atoms with E-state index in [0.29, 0.717) is 24.4 Å². The number of nitrogens with zero attached hydrogens (tertiary/aromatic N) is 1. The van der Waals surface area contributed by atoms with Crippen LogP contribution in [0.3, 0.4) is 0 Å². The Bertz CT molecular complexity index is 739. The van der Waals surface area contributed by atoms with E-state index in [4.69, 9.17) is 5.73 Å². The van der Waals surface area contributed by atoms with Crippen LogP contribution in [0.4, 0.5) is 11.4 Å². The van der Waals surface area contributed by atoms with Crippen molar-refractivity contribution in [1.82, 2.24) is 0 Å². The van der Waals surface area contributed by atoms with Crippen molar-refractivity contribution in [2.75, 3.05) is 22.9 Å². The summed E-state index contributed by atoms with van der Waals surface area (Å²) in [5.41, 5.74) is 7.67. The molecule has 0 bridgehead atoms. The van der Waals surface area contributed by atoms with Crippen molar-refractivity contribution in [2.24, 2.45) is 5.92 Å². The number of nitrogens with two attached hydrogens (primary N) is 1. The molecule has 0 radical (unpaired) electrons. The van der Waals surface area contributed by atoms with Crippen LogP contribution in [-0.2, 0) is 9.59 Å². The lowest BCUT2D eigenvalue weighted by atomic mass is 10.1. The molecule has 2 aromatic carbocycles. The van der Waals surface area contributed by atoms with Gasteiger partial charge < -0.3 is 10.6 Å². The summed E-state index contributed by atoms with van der Waals surface area (Å²) >= 11 is 1.29. The topological polar surface area (TPSA) is 63.4 Å². The second kappa shape index (κ2) is 6.01. The third-order valence-electron chi connectivity index (χ3n) is 3.93. The van der Waals surface area contributed by atoms with Gasteiger partial charge in [-0.15, -0.1) is 0 Å². The Labute approximate surface area is 133 Å². The van der Waals surface area contributed by atoms with Crippen LogP contribution in [0.15, 0.2) is 36.4 Å². The summed E-state index contributed by atoms with van der Waals surface area (Å²) in [6, 6.07) is 11.7. The number of nitrogen functional groups attached to an aromatic ring is 1. The number of rotatable bonds is 3. The van der Waals surface area contributed by atoms with Crippen LogP contribution in [-0.4, -0.2) is 23.3 Å². The van der Waals surface area contributed by atoms with Gasteiger partial charge in [0.15, 0.2) is 5.12 Å². The molecule has 0 saturated carbocycles. The molecule has 22 heavy (non-hydrogen) atoms. The Balaban J connectivity index is 1.92. The molecule has 0 aromatic heterocycles. The van der Waals surface area contributed by atoms with Gasteiger partial charge >= 0.3 is 0 Å². The van der Waals surface area contributed by atoms with Gasteiger partial charge in [0.2, 0.25) is 5.91 Å². The van der Waals surface area contributed by atoms with E-state index >= 15 is 0 Å². The lowest BCUT2D eigenvalue weighted by molar-refractivity contribution is -0.117. The molecule has 5 heteroatoms. The molecule has 0 spiro atoms. The lowest BCUT2D eigenvalue weighted by Gasteiger charge is -2.20. The first kappa shape index (κ1) is 14.9. The molecule has 4 nitrogen and oxygen atoms in total. The van der Waals surface area contributed by atoms with Gasteiger partial charge in [0, 0.05) is 36.7 Å². The average Bonchev–Trinajstić information content (AvgIpc) is 2.86. The number of carbonyl (C=O) groups is 2. The second-order valence-electron chi connectivity index (χ2n) is 5.60. The molecule has 0 aliphatic carbocycles. The van der Waals surface area contributed by atoms with E-state index in [9.17, 15) is 9.59 Å². The number of hydrogen-bond acceptors (Lipinski definition) is 4. The summed E-state index contributed by atoms with van der Waals surface area (Å²) in [6.07, 6.45) is 0.489. The molecule has 1 aliphatic heterocycles. The van der Waals surface area contributed by atoms with Gasteiger partial charge in [-0.1, -0.05) is 36.0 Å². The number of thioether (sulfide) groups is 1. The number of hydrogen-bond donors (Lipinski definition) is 1. The Morgan fingerprint density at radius 3 is 2.77 bits per heavy atom. The predicted molar refractivity (Wildman–Crippen MR) is 92.0 cm³/mol. The summed E-state index contributed by atoms with van der Waals surface area (Å²) in [6.45, 7) is 2.21. The van der Waals surface area contributed by atoms with E-state index < -0.39 is 0 Å². The molecule has 1 unspecified atom stereocenters. The highest BCUT2D eigenvalue weighted by molar-refractivity contribution is 8.13. The van der Waals surface area contributed by atoms with E-state index in [-0.39, 0.29) is 16.9 Å². The number of fused-ring (bicyclic) bond motifs is 1. The first-order chi connectivity index (χ1) is 10.6. The van der Waals surface area contributed by atoms with Gasteiger partial charge in [-0.25, -0.2) is 0 Å². The molecule has 1 atom stereocenters. The molecule has 1 amide bonds. The molecule has 3 rings (SSSR count). The average molecular weight is 314 g/mol.